The van der Waals surface area contributed by atoms with Gasteiger partial charge >= 0.3 is 0 Å². The number of primary amides is 1. The Kier molecular flexibility index (Phi) is 9.86. The Balaban J connectivity index is 1.42. The van der Waals surface area contributed by atoms with E-state index in [-0.39, 0.29) is 29.7 Å². The van der Waals surface area contributed by atoms with Crippen LogP contribution in [0.1, 0.15) is 49.1 Å². The number of nitrogens with zero attached hydrogens (tertiary/aromatic N) is 3. The van der Waals surface area contributed by atoms with Gasteiger partial charge < -0.3 is 35.5 Å². The highest BCUT2D eigenvalue weighted by Gasteiger charge is 2.64. The molecule has 1 aromatic heterocycles. The Labute approximate surface area is 303 Å². The van der Waals surface area contributed by atoms with E-state index in [1.165, 1.54) is 10.5 Å². The molecule has 3 aliphatic carbocycles. The van der Waals surface area contributed by atoms with Crippen LogP contribution in [-0.4, -0.2) is 94.1 Å². The lowest BCUT2D eigenvalue weighted by molar-refractivity contribution is -0.153. The van der Waals surface area contributed by atoms with E-state index in [1.54, 1.807) is 26.2 Å². The molecule has 3 aromatic rings. The van der Waals surface area contributed by atoms with Crippen LogP contribution in [0.2, 0.25) is 0 Å². The number of rotatable bonds is 11. The van der Waals surface area contributed by atoms with Gasteiger partial charge in [0.1, 0.15) is 34.4 Å². The van der Waals surface area contributed by atoms with Crippen molar-refractivity contribution in [2.45, 2.75) is 57.8 Å². The third-order valence-electron chi connectivity index (χ3n) is 10.8. The van der Waals surface area contributed by atoms with Gasteiger partial charge in [0.05, 0.1) is 23.7 Å². The van der Waals surface area contributed by atoms with Crippen molar-refractivity contribution in [3.63, 3.8) is 0 Å². The van der Waals surface area contributed by atoms with E-state index < -0.39 is 58.0 Å². The van der Waals surface area contributed by atoms with Crippen molar-refractivity contribution in [2.75, 3.05) is 39.6 Å². The maximum Gasteiger partial charge on any atom is 0.255 e. The summed E-state index contributed by atoms with van der Waals surface area (Å²) in [5.41, 5.74) is 4.44. The second kappa shape index (κ2) is 13.9. The van der Waals surface area contributed by atoms with Crippen molar-refractivity contribution in [2.24, 2.45) is 23.5 Å². The SMILES string of the molecule is CC(C)CCN(Cc1ccccc1)Cc1ccc(-c2cc(N(C)C)c3c(c2O)C(O)=C2C(=O)[C@@]4(O)C(O)=C(C(N)=O)C(=O)C(N(C)C)[C@H]4C[C@H]2C3)o1. The number of hydrogen-bond donors (Lipinski definition) is 5. The maximum absolute atomic E-state index is 14.3. The number of phenols is 1. The van der Waals surface area contributed by atoms with Crippen molar-refractivity contribution in [1.29, 1.82) is 0 Å². The summed E-state index contributed by atoms with van der Waals surface area (Å²) in [4.78, 5) is 45.7. The molecule has 0 saturated heterocycles. The van der Waals surface area contributed by atoms with Crippen LogP contribution in [0.15, 0.2) is 69.9 Å². The maximum atomic E-state index is 14.3. The zero-order valence-corrected chi connectivity index (χ0v) is 30.5. The number of Topliss-reactive ketones (excluding diaryl/α,β-unsaturated/α-hetero) is 2. The van der Waals surface area contributed by atoms with Gasteiger partial charge in [-0.1, -0.05) is 44.2 Å². The molecular weight excluding hydrogens is 664 g/mol. The predicted octanol–water partition coefficient (Wildman–Crippen LogP) is 4.34. The minimum atomic E-state index is -2.71. The Morgan fingerprint density at radius 3 is 2.33 bits per heavy atom. The molecule has 12 nitrogen and oxygen atoms in total. The van der Waals surface area contributed by atoms with E-state index in [4.69, 9.17) is 10.2 Å². The van der Waals surface area contributed by atoms with Crippen LogP contribution in [0.25, 0.3) is 17.1 Å². The lowest BCUT2D eigenvalue weighted by atomic mass is 9.57. The van der Waals surface area contributed by atoms with E-state index in [9.17, 15) is 34.8 Å². The Morgan fingerprint density at radius 2 is 1.71 bits per heavy atom. The summed E-state index contributed by atoms with van der Waals surface area (Å²) in [6.07, 6.45) is 1.20. The number of hydrogen-bond acceptors (Lipinski definition) is 11. The van der Waals surface area contributed by atoms with Gasteiger partial charge in [0.2, 0.25) is 5.78 Å². The Hall–Kier alpha value is -4.91. The van der Waals surface area contributed by atoms with Gasteiger partial charge in [-0.05, 0) is 81.1 Å². The lowest BCUT2D eigenvalue weighted by Crippen LogP contribution is -2.65. The molecule has 0 aliphatic heterocycles. The first-order chi connectivity index (χ1) is 24.6. The van der Waals surface area contributed by atoms with Gasteiger partial charge in [0.25, 0.3) is 5.91 Å². The number of likely N-dealkylation sites (N-methyl/N-ethyl adjacent to an activating group) is 1. The molecule has 12 heteroatoms. The average molecular weight is 713 g/mol. The number of aromatic hydroxyl groups is 1. The minimum absolute atomic E-state index is 0.0121. The fourth-order valence-corrected chi connectivity index (χ4v) is 8.20. The van der Waals surface area contributed by atoms with Gasteiger partial charge in [-0.25, -0.2) is 0 Å². The van der Waals surface area contributed by atoms with Crippen molar-refractivity contribution >= 4 is 28.9 Å². The van der Waals surface area contributed by atoms with Crippen LogP contribution in [-0.2, 0) is 33.9 Å². The fourth-order valence-electron chi connectivity index (χ4n) is 8.20. The summed E-state index contributed by atoms with van der Waals surface area (Å²) in [6, 6.07) is 14.5. The van der Waals surface area contributed by atoms with Gasteiger partial charge in [-0.3, -0.25) is 24.2 Å². The molecule has 52 heavy (non-hydrogen) atoms. The van der Waals surface area contributed by atoms with Crippen LogP contribution in [0, 0.1) is 17.8 Å². The molecule has 3 aliphatic rings. The normalized spacial score (nSPS) is 23.0. The zero-order valence-electron chi connectivity index (χ0n) is 30.5. The molecular formula is C40H48N4O8. The number of aliphatic hydroxyl groups excluding tert-OH is 2. The van der Waals surface area contributed by atoms with E-state index in [2.05, 4.69) is 30.9 Å². The predicted molar refractivity (Wildman–Crippen MR) is 196 cm³/mol. The van der Waals surface area contributed by atoms with E-state index >= 15 is 0 Å². The number of aliphatic hydroxyl groups is 3. The number of benzene rings is 2. The number of amides is 1. The summed E-state index contributed by atoms with van der Waals surface area (Å²) in [7, 11) is 6.81. The van der Waals surface area contributed by atoms with Crippen molar-refractivity contribution in [3.8, 4) is 17.1 Å². The highest BCUT2D eigenvalue weighted by atomic mass is 16.4. The molecule has 1 heterocycles. The quantitative estimate of drug-likeness (QED) is 0.179. The van der Waals surface area contributed by atoms with E-state index in [1.807, 2.05) is 43.3 Å². The Bertz CT molecular complexity index is 1980. The first kappa shape index (κ1) is 36.9. The second-order valence-electron chi connectivity index (χ2n) is 15.1. The van der Waals surface area contributed by atoms with Gasteiger partial charge in [0.15, 0.2) is 11.4 Å². The summed E-state index contributed by atoms with van der Waals surface area (Å²) < 4.78 is 6.35. The molecule has 6 N–H and O–H groups in total. The zero-order chi connectivity index (χ0) is 37.8. The van der Waals surface area contributed by atoms with Crippen LogP contribution in [0.4, 0.5) is 5.69 Å². The highest BCUT2D eigenvalue weighted by molar-refractivity contribution is 6.24. The largest absolute Gasteiger partial charge is 0.508 e. The summed E-state index contributed by atoms with van der Waals surface area (Å²) in [5, 5.41) is 46.9. The second-order valence-corrected chi connectivity index (χ2v) is 15.1. The number of furan rings is 1. The van der Waals surface area contributed by atoms with Crippen LogP contribution in [0.5, 0.6) is 5.75 Å². The molecule has 1 amide bonds. The number of carbonyl (C=O) groups is 3. The van der Waals surface area contributed by atoms with Crippen LogP contribution in [0.3, 0.4) is 0 Å². The number of anilines is 1. The molecule has 1 unspecified atom stereocenters. The summed E-state index contributed by atoms with van der Waals surface area (Å²) in [6.45, 7) is 6.50. The molecule has 4 atom stereocenters. The molecule has 0 bridgehead atoms. The van der Waals surface area contributed by atoms with Gasteiger partial charge in [-0.15, -0.1) is 0 Å². The Morgan fingerprint density at radius 1 is 1.02 bits per heavy atom. The monoisotopic (exact) mass is 712 g/mol. The van der Waals surface area contributed by atoms with Gasteiger partial charge in [-0.2, -0.15) is 0 Å². The standard InChI is InChI=1S/C40H48N4O8/c1-21(2)14-15-44(19-22-10-8-7-9-11-22)20-24-12-13-29(52-24)26-18-28(42(3)4)25-16-23-17-27-33(43(5)6)36(47)32(39(41)50)38(49)40(27,51)37(48)30(23)35(46)31(25)34(26)45/h7-13,18,21,23,27,33,45-46,49,51H,14-17,19-20H2,1-6H3,(H2,41,50)/t23-,27-,33?,40-/m1/s1. The molecule has 0 spiro atoms. The van der Waals surface area contributed by atoms with Crippen molar-refractivity contribution in [3.05, 3.63) is 87.9 Å². The minimum Gasteiger partial charge on any atom is -0.508 e. The lowest BCUT2D eigenvalue weighted by Gasteiger charge is -2.50. The molecule has 0 radical (unpaired) electrons. The van der Waals surface area contributed by atoms with E-state index in [0.29, 0.717) is 40.8 Å². The van der Waals surface area contributed by atoms with Crippen molar-refractivity contribution < 1.29 is 39.2 Å². The number of carbonyl (C=O) groups excluding carboxylic acids is 3. The summed E-state index contributed by atoms with van der Waals surface area (Å²) in [5.74, 6) is -5.35. The van der Waals surface area contributed by atoms with Crippen LogP contribution >= 0.6 is 0 Å². The molecule has 6 rings (SSSR count). The fraction of sp³-hybridized carbons (Fsp3) is 0.425. The first-order valence-corrected chi connectivity index (χ1v) is 17.6. The van der Waals surface area contributed by atoms with E-state index in [0.717, 1.165) is 19.5 Å². The number of ketones is 2. The number of phenolic OH excluding ortho intramolecular Hbond substituents is 1. The first-order valence-electron chi connectivity index (χ1n) is 17.6. The molecule has 2 aromatic carbocycles. The third-order valence-corrected chi connectivity index (χ3v) is 10.8. The summed E-state index contributed by atoms with van der Waals surface area (Å²) >= 11 is 0. The van der Waals surface area contributed by atoms with Crippen LogP contribution < -0.4 is 10.6 Å². The smallest absolute Gasteiger partial charge is 0.255 e. The number of fused-ring (bicyclic) bond motifs is 3. The highest BCUT2D eigenvalue weighted by Crippen LogP contribution is 2.55. The third kappa shape index (κ3) is 6.18. The molecule has 1 saturated carbocycles. The topological polar surface area (TPSA) is 181 Å². The molecule has 276 valence electrons. The average Bonchev–Trinajstić information content (AvgIpc) is 3.53. The van der Waals surface area contributed by atoms with Crippen molar-refractivity contribution in [1.82, 2.24) is 9.80 Å². The van der Waals surface area contributed by atoms with Gasteiger partial charge in [0, 0.05) is 37.8 Å². The number of nitrogens with two attached hydrogens (primary N) is 1. The molecule has 1 fully saturated rings.